The van der Waals surface area contributed by atoms with E-state index in [2.05, 4.69) is 0 Å². The third kappa shape index (κ3) is 5.88. The Morgan fingerprint density at radius 1 is 1.05 bits per heavy atom. The van der Waals surface area contributed by atoms with E-state index in [-0.39, 0.29) is 30.2 Å². The Balaban J connectivity index is 2.20. The second kappa shape index (κ2) is 8.92. The quantitative estimate of drug-likeness (QED) is 0.633. The zero-order valence-corrected chi connectivity index (χ0v) is 12.3. The lowest BCUT2D eigenvalue weighted by atomic mass is 9.87. The molecule has 0 atom stereocenters. The first-order chi connectivity index (χ1) is 9.62. The second-order valence-electron chi connectivity index (χ2n) is 4.99. The Bertz CT molecular complexity index is 309. The Labute approximate surface area is 119 Å². The molecule has 1 fully saturated rings. The number of hydrogen-bond donors (Lipinski definition) is 0. The highest BCUT2D eigenvalue weighted by molar-refractivity contribution is 5.72. The van der Waals surface area contributed by atoms with Crippen LogP contribution in [0.3, 0.4) is 0 Å². The Morgan fingerprint density at radius 2 is 1.65 bits per heavy atom. The first-order valence-corrected chi connectivity index (χ1v) is 7.08. The van der Waals surface area contributed by atoms with E-state index in [0.717, 1.165) is 6.42 Å². The first kappa shape index (κ1) is 16.9. The molecule has 1 heterocycles. The summed E-state index contributed by atoms with van der Waals surface area (Å²) in [6.07, 6.45) is 1.74. The van der Waals surface area contributed by atoms with Gasteiger partial charge in [0, 0.05) is 12.8 Å². The maximum absolute atomic E-state index is 11.6. The van der Waals surface area contributed by atoms with Crippen molar-refractivity contribution in [1.29, 1.82) is 0 Å². The molecule has 0 aromatic heterocycles. The summed E-state index contributed by atoms with van der Waals surface area (Å²) >= 11 is 0. The van der Waals surface area contributed by atoms with Crippen molar-refractivity contribution in [3.05, 3.63) is 0 Å². The zero-order valence-electron chi connectivity index (χ0n) is 12.3. The summed E-state index contributed by atoms with van der Waals surface area (Å²) in [5.74, 6) is -0.577. The summed E-state index contributed by atoms with van der Waals surface area (Å²) in [5, 5.41) is 0. The van der Waals surface area contributed by atoms with Crippen molar-refractivity contribution in [2.24, 2.45) is 5.41 Å². The van der Waals surface area contributed by atoms with Crippen molar-refractivity contribution in [2.75, 3.05) is 33.2 Å². The SMILES string of the molecule is CCOC(=O)CCCC(=O)OCC1(CC)COCOC1. The lowest BCUT2D eigenvalue weighted by Crippen LogP contribution is -2.41. The Kier molecular flexibility index (Phi) is 7.54. The predicted molar refractivity (Wildman–Crippen MR) is 70.9 cm³/mol. The number of ether oxygens (including phenoxy) is 4. The molecule has 0 aliphatic carbocycles. The highest BCUT2D eigenvalue weighted by atomic mass is 16.7. The van der Waals surface area contributed by atoms with Gasteiger partial charge in [-0.1, -0.05) is 6.92 Å². The Hall–Kier alpha value is -1.14. The van der Waals surface area contributed by atoms with Gasteiger partial charge < -0.3 is 18.9 Å². The molecule has 6 nitrogen and oxygen atoms in total. The molecule has 1 aliphatic rings. The van der Waals surface area contributed by atoms with Gasteiger partial charge in [-0.15, -0.1) is 0 Å². The second-order valence-corrected chi connectivity index (χ2v) is 4.99. The lowest BCUT2D eigenvalue weighted by molar-refractivity contribution is -0.187. The van der Waals surface area contributed by atoms with E-state index in [9.17, 15) is 9.59 Å². The number of esters is 2. The molecule has 20 heavy (non-hydrogen) atoms. The van der Waals surface area contributed by atoms with E-state index >= 15 is 0 Å². The molecule has 0 aromatic rings. The minimum atomic E-state index is -0.298. The van der Waals surface area contributed by atoms with E-state index in [1.807, 2.05) is 6.92 Å². The fourth-order valence-corrected chi connectivity index (χ4v) is 1.92. The normalized spacial score (nSPS) is 17.5. The van der Waals surface area contributed by atoms with Gasteiger partial charge in [-0.2, -0.15) is 0 Å². The van der Waals surface area contributed by atoms with Crippen LogP contribution in [0.1, 0.15) is 39.5 Å². The molecule has 1 aliphatic heterocycles. The number of carbonyl (C=O) groups excluding carboxylic acids is 2. The van der Waals surface area contributed by atoms with Crippen LogP contribution in [0.5, 0.6) is 0 Å². The average molecular weight is 288 g/mol. The van der Waals surface area contributed by atoms with Crippen LogP contribution in [-0.2, 0) is 28.5 Å². The van der Waals surface area contributed by atoms with Crippen LogP contribution < -0.4 is 0 Å². The molecule has 0 aromatic carbocycles. The third-order valence-corrected chi connectivity index (χ3v) is 3.34. The van der Waals surface area contributed by atoms with Gasteiger partial charge in [0.05, 0.1) is 25.2 Å². The van der Waals surface area contributed by atoms with Crippen LogP contribution in [-0.4, -0.2) is 45.2 Å². The van der Waals surface area contributed by atoms with Gasteiger partial charge in [0.25, 0.3) is 0 Å². The summed E-state index contributed by atoms with van der Waals surface area (Å²) in [6, 6.07) is 0. The summed E-state index contributed by atoms with van der Waals surface area (Å²) < 4.78 is 20.6. The Morgan fingerprint density at radius 3 is 2.20 bits per heavy atom. The summed E-state index contributed by atoms with van der Waals surface area (Å²) in [4.78, 5) is 22.7. The van der Waals surface area contributed by atoms with Crippen LogP contribution in [0.2, 0.25) is 0 Å². The van der Waals surface area contributed by atoms with Crippen LogP contribution >= 0.6 is 0 Å². The minimum absolute atomic E-state index is 0.223. The minimum Gasteiger partial charge on any atom is -0.466 e. The lowest BCUT2D eigenvalue weighted by Gasteiger charge is -2.35. The molecular weight excluding hydrogens is 264 g/mol. The van der Waals surface area contributed by atoms with Gasteiger partial charge in [-0.3, -0.25) is 9.59 Å². The van der Waals surface area contributed by atoms with E-state index in [1.54, 1.807) is 6.92 Å². The molecule has 1 rings (SSSR count). The van der Waals surface area contributed by atoms with Gasteiger partial charge in [0.2, 0.25) is 0 Å². The first-order valence-electron chi connectivity index (χ1n) is 7.08. The van der Waals surface area contributed by atoms with Gasteiger partial charge in [0.15, 0.2) is 0 Å². The van der Waals surface area contributed by atoms with Crippen LogP contribution in [0.4, 0.5) is 0 Å². The number of hydrogen-bond acceptors (Lipinski definition) is 6. The molecule has 116 valence electrons. The van der Waals surface area contributed by atoms with Gasteiger partial charge in [-0.05, 0) is 19.8 Å². The zero-order chi connectivity index (χ0) is 14.8. The summed E-state index contributed by atoms with van der Waals surface area (Å²) in [5.41, 5.74) is -0.241. The number of rotatable bonds is 8. The van der Waals surface area contributed by atoms with Gasteiger partial charge in [0.1, 0.15) is 13.4 Å². The maximum atomic E-state index is 11.6. The van der Waals surface area contributed by atoms with Gasteiger partial charge in [-0.25, -0.2) is 0 Å². The van der Waals surface area contributed by atoms with Crippen LogP contribution in [0, 0.1) is 5.41 Å². The fraction of sp³-hybridized carbons (Fsp3) is 0.857. The van der Waals surface area contributed by atoms with Crippen molar-refractivity contribution >= 4 is 11.9 Å². The molecule has 0 bridgehead atoms. The molecule has 0 amide bonds. The van der Waals surface area contributed by atoms with Crippen molar-refractivity contribution in [3.8, 4) is 0 Å². The molecule has 0 unspecified atom stereocenters. The monoisotopic (exact) mass is 288 g/mol. The summed E-state index contributed by atoms with van der Waals surface area (Å²) in [6.45, 7) is 5.82. The van der Waals surface area contributed by atoms with Crippen LogP contribution in [0.25, 0.3) is 0 Å². The molecule has 0 N–H and O–H groups in total. The fourth-order valence-electron chi connectivity index (χ4n) is 1.92. The standard InChI is InChI=1S/C14H24O6/c1-3-14(8-17-11-18-9-14)10-20-13(16)7-5-6-12(15)19-4-2/h3-11H2,1-2H3. The van der Waals surface area contributed by atoms with Crippen molar-refractivity contribution in [2.45, 2.75) is 39.5 Å². The molecular formula is C14H24O6. The molecule has 1 saturated heterocycles. The van der Waals surface area contributed by atoms with E-state index in [1.165, 1.54) is 0 Å². The molecule has 6 heteroatoms. The third-order valence-electron chi connectivity index (χ3n) is 3.34. The highest BCUT2D eigenvalue weighted by Crippen LogP contribution is 2.26. The number of carbonyl (C=O) groups is 2. The van der Waals surface area contributed by atoms with Crippen molar-refractivity contribution < 1.29 is 28.5 Å². The largest absolute Gasteiger partial charge is 0.466 e. The van der Waals surface area contributed by atoms with E-state index < -0.39 is 0 Å². The predicted octanol–water partition coefficient (Wildman–Crippen LogP) is 1.66. The molecule has 0 saturated carbocycles. The summed E-state index contributed by atoms with van der Waals surface area (Å²) in [7, 11) is 0. The molecule has 0 spiro atoms. The molecule has 0 radical (unpaired) electrons. The van der Waals surface area contributed by atoms with Crippen molar-refractivity contribution in [3.63, 3.8) is 0 Å². The van der Waals surface area contributed by atoms with Crippen LogP contribution in [0.15, 0.2) is 0 Å². The van der Waals surface area contributed by atoms with E-state index in [0.29, 0.717) is 39.6 Å². The van der Waals surface area contributed by atoms with E-state index in [4.69, 9.17) is 18.9 Å². The smallest absolute Gasteiger partial charge is 0.305 e. The van der Waals surface area contributed by atoms with Gasteiger partial charge >= 0.3 is 11.9 Å². The highest BCUT2D eigenvalue weighted by Gasteiger charge is 2.33. The van der Waals surface area contributed by atoms with Crippen molar-refractivity contribution in [1.82, 2.24) is 0 Å². The topological polar surface area (TPSA) is 71.1 Å². The maximum Gasteiger partial charge on any atom is 0.305 e. The average Bonchev–Trinajstić information content (AvgIpc) is 2.46.